The fourth-order valence-corrected chi connectivity index (χ4v) is 2.69. The first kappa shape index (κ1) is 13.8. The van der Waals surface area contributed by atoms with Crippen molar-refractivity contribution in [2.45, 2.75) is 12.8 Å². The average Bonchev–Trinajstić information content (AvgIpc) is 2.91. The van der Waals surface area contributed by atoms with Gasteiger partial charge in [0.15, 0.2) is 0 Å². The van der Waals surface area contributed by atoms with Crippen molar-refractivity contribution in [3.63, 3.8) is 0 Å². The first-order valence-corrected chi connectivity index (χ1v) is 7.08. The summed E-state index contributed by atoms with van der Waals surface area (Å²) in [6.07, 6.45) is 3.31. The molecule has 2 aliphatic heterocycles. The number of nitrogens with one attached hydrogen (secondary N) is 1. The standard InChI is InChI=1S/C13H25N3O2/c17-12-14-3-5-16-8-6-15(7-9-16)4-1-13-2-10-18-11-13/h12-13H,1-11H2,(H,14,17). The fraction of sp³-hybridized carbons (Fsp3) is 0.923. The Morgan fingerprint density at radius 3 is 2.50 bits per heavy atom. The lowest BCUT2D eigenvalue weighted by molar-refractivity contribution is -0.109. The van der Waals surface area contributed by atoms with E-state index in [1.165, 1.54) is 19.4 Å². The van der Waals surface area contributed by atoms with Crippen LogP contribution in [0.5, 0.6) is 0 Å². The van der Waals surface area contributed by atoms with Gasteiger partial charge in [-0.15, -0.1) is 0 Å². The summed E-state index contributed by atoms with van der Waals surface area (Å²) in [4.78, 5) is 15.1. The highest BCUT2D eigenvalue weighted by atomic mass is 16.5. The Morgan fingerprint density at radius 1 is 1.17 bits per heavy atom. The number of hydrogen-bond donors (Lipinski definition) is 1. The Labute approximate surface area is 109 Å². The second-order valence-corrected chi connectivity index (χ2v) is 5.27. The number of rotatable bonds is 7. The highest BCUT2D eigenvalue weighted by molar-refractivity contribution is 5.45. The number of carbonyl (C=O) groups is 1. The van der Waals surface area contributed by atoms with Crippen LogP contribution in [0, 0.1) is 5.92 Å². The van der Waals surface area contributed by atoms with Gasteiger partial charge in [0.25, 0.3) is 0 Å². The van der Waals surface area contributed by atoms with Crippen molar-refractivity contribution in [3.05, 3.63) is 0 Å². The molecule has 18 heavy (non-hydrogen) atoms. The molecular formula is C13H25N3O2. The first-order valence-electron chi connectivity index (χ1n) is 7.08. The van der Waals surface area contributed by atoms with Crippen LogP contribution in [-0.4, -0.2) is 75.2 Å². The van der Waals surface area contributed by atoms with Crippen LogP contribution in [0.15, 0.2) is 0 Å². The number of carbonyl (C=O) groups excluding carboxylic acids is 1. The molecule has 0 aromatic carbocycles. The van der Waals surface area contributed by atoms with E-state index in [2.05, 4.69) is 15.1 Å². The molecule has 5 nitrogen and oxygen atoms in total. The van der Waals surface area contributed by atoms with Gasteiger partial charge in [-0.05, 0) is 25.3 Å². The van der Waals surface area contributed by atoms with Crippen LogP contribution in [-0.2, 0) is 9.53 Å². The Balaban J connectivity index is 1.53. The zero-order valence-electron chi connectivity index (χ0n) is 11.1. The Morgan fingerprint density at radius 2 is 1.89 bits per heavy atom. The van der Waals surface area contributed by atoms with Crippen LogP contribution in [0.2, 0.25) is 0 Å². The largest absolute Gasteiger partial charge is 0.381 e. The van der Waals surface area contributed by atoms with Crippen molar-refractivity contribution in [3.8, 4) is 0 Å². The highest BCUT2D eigenvalue weighted by Crippen LogP contribution is 2.17. The molecule has 5 heteroatoms. The maximum Gasteiger partial charge on any atom is 0.207 e. The monoisotopic (exact) mass is 255 g/mol. The van der Waals surface area contributed by atoms with Crippen LogP contribution in [0.25, 0.3) is 0 Å². The Bertz CT molecular complexity index is 236. The van der Waals surface area contributed by atoms with Gasteiger partial charge in [-0.3, -0.25) is 9.69 Å². The minimum Gasteiger partial charge on any atom is -0.381 e. The molecule has 1 N–H and O–H groups in total. The van der Waals surface area contributed by atoms with E-state index in [0.717, 1.165) is 64.8 Å². The summed E-state index contributed by atoms with van der Waals surface area (Å²) in [5.74, 6) is 0.792. The summed E-state index contributed by atoms with van der Waals surface area (Å²) in [6.45, 7) is 9.46. The van der Waals surface area contributed by atoms with E-state index in [1.54, 1.807) is 0 Å². The molecule has 0 aliphatic carbocycles. The van der Waals surface area contributed by atoms with Gasteiger partial charge in [0.1, 0.15) is 0 Å². The molecule has 2 rings (SSSR count). The van der Waals surface area contributed by atoms with Crippen molar-refractivity contribution in [1.82, 2.24) is 15.1 Å². The quantitative estimate of drug-likeness (QED) is 0.504. The Hall–Kier alpha value is -0.650. The average molecular weight is 255 g/mol. The minimum absolute atomic E-state index is 0.767. The topological polar surface area (TPSA) is 44.8 Å². The molecule has 0 radical (unpaired) electrons. The van der Waals surface area contributed by atoms with Crippen LogP contribution in [0.4, 0.5) is 0 Å². The molecule has 104 valence electrons. The van der Waals surface area contributed by atoms with E-state index in [1.807, 2.05) is 0 Å². The smallest absolute Gasteiger partial charge is 0.207 e. The van der Waals surface area contributed by atoms with Gasteiger partial charge in [0.05, 0.1) is 0 Å². The van der Waals surface area contributed by atoms with Gasteiger partial charge in [0.2, 0.25) is 6.41 Å². The predicted molar refractivity (Wildman–Crippen MR) is 70.5 cm³/mol. The molecule has 0 aromatic heterocycles. The third kappa shape index (κ3) is 4.55. The summed E-state index contributed by atoms with van der Waals surface area (Å²) in [5, 5.41) is 2.72. The van der Waals surface area contributed by atoms with Gasteiger partial charge < -0.3 is 15.0 Å². The van der Waals surface area contributed by atoms with Crippen molar-refractivity contribution >= 4 is 6.41 Å². The van der Waals surface area contributed by atoms with E-state index < -0.39 is 0 Å². The maximum atomic E-state index is 10.2. The highest BCUT2D eigenvalue weighted by Gasteiger charge is 2.19. The molecule has 1 amide bonds. The number of amides is 1. The summed E-state index contributed by atoms with van der Waals surface area (Å²) in [6, 6.07) is 0. The lowest BCUT2D eigenvalue weighted by atomic mass is 10.0. The van der Waals surface area contributed by atoms with Crippen LogP contribution in [0.1, 0.15) is 12.8 Å². The zero-order valence-corrected chi connectivity index (χ0v) is 11.1. The zero-order chi connectivity index (χ0) is 12.6. The third-order valence-corrected chi connectivity index (χ3v) is 4.00. The van der Waals surface area contributed by atoms with Gasteiger partial charge in [-0.1, -0.05) is 0 Å². The maximum absolute atomic E-state index is 10.2. The predicted octanol–water partition coefficient (Wildman–Crippen LogP) is -0.223. The summed E-state index contributed by atoms with van der Waals surface area (Å²) >= 11 is 0. The lowest BCUT2D eigenvalue weighted by Gasteiger charge is -2.35. The normalized spacial score (nSPS) is 26.3. The fourth-order valence-electron chi connectivity index (χ4n) is 2.69. The van der Waals surface area contributed by atoms with Crippen LogP contribution >= 0.6 is 0 Å². The summed E-state index contributed by atoms with van der Waals surface area (Å²) < 4.78 is 5.41. The lowest BCUT2D eigenvalue weighted by Crippen LogP contribution is -2.48. The van der Waals surface area contributed by atoms with Crippen LogP contribution < -0.4 is 5.32 Å². The SMILES string of the molecule is O=CNCCN1CCN(CCC2CCOC2)CC1. The van der Waals surface area contributed by atoms with Crippen molar-refractivity contribution in [2.75, 3.05) is 59.0 Å². The summed E-state index contributed by atoms with van der Waals surface area (Å²) in [7, 11) is 0. The number of ether oxygens (including phenoxy) is 1. The number of piperazine rings is 1. The van der Waals surface area contributed by atoms with Gasteiger partial charge in [-0.25, -0.2) is 0 Å². The number of nitrogens with zero attached hydrogens (tertiary/aromatic N) is 2. The molecular weight excluding hydrogens is 230 g/mol. The van der Waals surface area contributed by atoms with Gasteiger partial charge >= 0.3 is 0 Å². The molecule has 2 saturated heterocycles. The molecule has 2 fully saturated rings. The van der Waals surface area contributed by atoms with Crippen molar-refractivity contribution < 1.29 is 9.53 Å². The van der Waals surface area contributed by atoms with Crippen molar-refractivity contribution in [1.29, 1.82) is 0 Å². The van der Waals surface area contributed by atoms with E-state index >= 15 is 0 Å². The van der Waals surface area contributed by atoms with E-state index in [-0.39, 0.29) is 0 Å². The first-order chi connectivity index (χ1) is 8.88. The molecule has 2 heterocycles. The van der Waals surface area contributed by atoms with E-state index in [0.29, 0.717) is 0 Å². The number of hydrogen-bond acceptors (Lipinski definition) is 4. The minimum atomic E-state index is 0.767. The molecule has 0 bridgehead atoms. The molecule has 1 unspecified atom stereocenters. The summed E-state index contributed by atoms with van der Waals surface area (Å²) in [5.41, 5.74) is 0. The van der Waals surface area contributed by atoms with E-state index in [9.17, 15) is 4.79 Å². The van der Waals surface area contributed by atoms with E-state index in [4.69, 9.17) is 4.74 Å². The molecule has 0 spiro atoms. The third-order valence-electron chi connectivity index (χ3n) is 4.00. The molecule has 0 saturated carbocycles. The molecule has 1 atom stereocenters. The molecule has 2 aliphatic rings. The van der Waals surface area contributed by atoms with Crippen molar-refractivity contribution in [2.24, 2.45) is 5.92 Å². The second-order valence-electron chi connectivity index (χ2n) is 5.27. The van der Waals surface area contributed by atoms with Gasteiger partial charge in [-0.2, -0.15) is 0 Å². The Kier molecular flexibility index (Phi) is 5.90. The van der Waals surface area contributed by atoms with Gasteiger partial charge in [0, 0.05) is 52.5 Å². The van der Waals surface area contributed by atoms with Crippen LogP contribution in [0.3, 0.4) is 0 Å². The molecule has 0 aromatic rings. The second kappa shape index (κ2) is 7.71.